The van der Waals surface area contributed by atoms with Crippen molar-refractivity contribution in [3.8, 4) is 0 Å². The van der Waals surface area contributed by atoms with Gasteiger partial charge in [-0.15, -0.1) is 0 Å². The number of sulfonamides is 2. The van der Waals surface area contributed by atoms with E-state index in [2.05, 4.69) is 47.0 Å². The van der Waals surface area contributed by atoms with Crippen molar-refractivity contribution >= 4 is 77.5 Å². The number of amidine groups is 2. The average molecular weight is 1140 g/mol. The van der Waals surface area contributed by atoms with E-state index in [0.717, 1.165) is 70.2 Å². The predicted octanol–water partition coefficient (Wildman–Crippen LogP) is 10.2. The van der Waals surface area contributed by atoms with E-state index < -0.39 is 43.1 Å². The molecule has 0 atom stereocenters. The number of aromatic carboxylic acids is 2. The van der Waals surface area contributed by atoms with Crippen LogP contribution in [0.5, 0.6) is 0 Å². The zero-order valence-electron chi connectivity index (χ0n) is 44.8. The van der Waals surface area contributed by atoms with Crippen LogP contribution in [0.1, 0.15) is 178 Å². The first kappa shape index (κ1) is 59.7. The molecule has 4 aliphatic heterocycles. The molecule has 4 heterocycles. The Labute approximate surface area is 453 Å². The molecule has 2 aromatic rings. The molecule has 75 heavy (non-hydrogen) atoms. The van der Waals surface area contributed by atoms with Crippen LogP contribution in [0.4, 0.5) is 0 Å². The number of rotatable bonds is 15. The summed E-state index contributed by atoms with van der Waals surface area (Å²) in [6.07, 6.45) is 20.0. The summed E-state index contributed by atoms with van der Waals surface area (Å²) in [5.74, 6) is 1.89. The summed E-state index contributed by atoms with van der Waals surface area (Å²) < 4.78 is 53.8. The first-order valence-corrected chi connectivity index (χ1v) is 30.7. The SMILES string of the molecule is C=CS(=O)(=O)N1CCC2(CC1)N=C(C1CCC(CCCC)CC1)NC2=O.CCCCC1CCC(C2=NC3(CCN(S(=O)(=O)/C=C/c4c(C)cc(C(=O)O)cc4C)CC3)C(=O)N2)CC1.Cc1cc(C(=O)O)cc(C)c1Br. The maximum Gasteiger partial charge on any atom is 0.335 e. The van der Waals surface area contributed by atoms with Crippen molar-refractivity contribution in [3.05, 3.63) is 85.1 Å². The summed E-state index contributed by atoms with van der Waals surface area (Å²) in [5.41, 5.74) is 2.89. The third-order valence-corrected chi connectivity index (χ3v) is 20.7. The van der Waals surface area contributed by atoms with E-state index in [1.165, 1.54) is 96.4 Å². The van der Waals surface area contributed by atoms with Gasteiger partial charge in [0.1, 0.15) is 22.7 Å². The number of unbranched alkanes of at least 4 members (excludes halogenated alkanes) is 2. The van der Waals surface area contributed by atoms with Gasteiger partial charge >= 0.3 is 11.9 Å². The van der Waals surface area contributed by atoms with Gasteiger partial charge in [0.05, 0.1) is 11.1 Å². The Morgan fingerprint density at radius 2 is 1.01 bits per heavy atom. The van der Waals surface area contributed by atoms with Crippen LogP contribution in [0.15, 0.2) is 56.1 Å². The Morgan fingerprint density at radius 3 is 1.36 bits per heavy atom. The summed E-state index contributed by atoms with van der Waals surface area (Å²) in [6, 6.07) is 6.38. The first-order valence-electron chi connectivity index (χ1n) is 26.9. The van der Waals surface area contributed by atoms with Crippen LogP contribution in [0.3, 0.4) is 0 Å². The topological polar surface area (TPSA) is 232 Å². The molecule has 19 heteroatoms. The van der Waals surface area contributed by atoms with E-state index in [-0.39, 0.29) is 30.5 Å². The number of piperidine rings is 2. The van der Waals surface area contributed by atoms with Crippen LogP contribution in [-0.4, -0.2) is 108 Å². The van der Waals surface area contributed by atoms with Crippen molar-refractivity contribution in [2.75, 3.05) is 26.2 Å². The van der Waals surface area contributed by atoms with E-state index in [1.807, 2.05) is 13.8 Å². The number of hydrogen-bond acceptors (Lipinski definition) is 10. The molecule has 0 radical (unpaired) electrons. The van der Waals surface area contributed by atoms with Gasteiger partial charge in [0.2, 0.25) is 20.0 Å². The van der Waals surface area contributed by atoms with E-state index in [1.54, 1.807) is 26.0 Å². The fraction of sp³-hybridized carbons (Fsp3) is 0.607. The van der Waals surface area contributed by atoms with Crippen LogP contribution in [0.2, 0.25) is 0 Å². The van der Waals surface area contributed by atoms with Crippen molar-refractivity contribution < 1.29 is 46.2 Å². The molecule has 2 amide bonds. The third-order valence-electron chi connectivity index (χ3n) is 16.4. The van der Waals surface area contributed by atoms with E-state index in [0.29, 0.717) is 72.9 Å². The molecule has 412 valence electrons. The van der Waals surface area contributed by atoms with Crippen LogP contribution in [0.25, 0.3) is 6.08 Å². The summed E-state index contributed by atoms with van der Waals surface area (Å²) in [6.45, 7) is 16.2. The summed E-state index contributed by atoms with van der Waals surface area (Å²) >= 11 is 3.37. The Morgan fingerprint density at radius 1 is 0.653 bits per heavy atom. The molecule has 2 saturated heterocycles. The molecule has 0 bridgehead atoms. The minimum absolute atomic E-state index is 0.0451. The maximum absolute atomic E-state index is 13.1. The van der Waals surface area contributed by atoms with Crippen LogP contribution in [0, 0.1) is 51.4 Å². The Hall–Kier alpha value is -4.56. The number of carboxylic acids is 2. The molecule has 2 aliphatic carbocycles. The smallest absolute Gasteiger partial charge is 0.335 e. The van der Waals surface area contributed by atoms with Gasteiger partial charge in [-0.3, -0.25) is 19.6 Å². The van der Waals surface area contributed by atoms with Gasteiger partial charge in [-0.1, -0.05) is 74.9 Å². The molecule has 2 spiro atoms. The lowest BCUT2D eigenvalue weighted by Crippen LogP contribution is -2.50. The number of benzene rings is 2. The van der Waals surface area contributed by atoms with Crippen molar-refractivity contribution in [3.63, 3.8) is 0 Å². The number of nitrogens with one attached hydrogen (secondary N) is 2. The lowest BCUT2D eigenvalue weighted by atomic mass is 9.79. The van der Waals surface area contributed by atoms with Gasteiger partial charge in [-0.25, -0.2) is 26.4 Å². The average Bonchev–Trinajstić information content (AvgIpc) is 3.88. The third kappa shape index (κ3) is 14.7. The highest BCUT2D eigenvalue weighted by Crippen LogP contribution is 2.39. The monoisotopic (exact) mass is 1140 g/mol. The highest BCUT2D eigenvalue weighted by Gasteiger charge is 2.50. The van der Waals surface area contributed by atoms with E-state index >= 15 is 0 Å². The number of aryl methyl sites for hydroxylation is 4. The van der Waals surface area contributed by atoms with Gasteiger partial charge < -0.3 is 20.8 Å². The van der Waals surface area contributed by atoms with E-state index in [4.69, 9.17) is 15.1 Å². The number of carbonyl (C=O) groups excluding carboxylic acids is 2. The van der Waals surface area contributed by atoms with Gasteiger partial charge in [0.25, 0.3) is 11.8 Å². The van der Waals surface area contributed by atoms with E-state index in [9.17, 15) is 41.1 Å². The lowest BCUT2D eigenvalue weighted by molar-refractivity contribution is -0.125. The zero-order valence-corrected chi connectivity index (χ0v) is 48.0. The molecular formula is C56H79BrN6O10S2. The van der Waals surface area contributed by atoms with Crippen molar-refractivity contribution in [2.24, 2.45) is 33.7 Å². The number of halogens is 1. The fourth-order valence-electron chi connectivity index (χ4n) is 11.6. The Bertz CT molecular complexity index is 2710. The quantitative estimate of drug-likeness (QED) is 0.132. The molecule has 0 aromatic heterocycles. The maximum atomic E-state index is 13.1. The first-order chi connectivity index (χ1) is 35.5. The number of carboxylic acid groups (broad SMARTS) is 2. The standard InChI is InChI=1S/C28H39N3O5S.C19H31N3O3S.C9H9BrO2/c1-4-5-6-21-7-9-22(10-8-21)25-29-27(34)28(30-25)12-14-31(15-13-28)37(35,36)16-11-24-19(2)17-23(26(32)33)18-20(24)3;1-3-5-6-15-7-9-16(10-8-15)17-20-18(23)19(21-17)11-13-22(14-12-19)26(24,25)4-2;1-5-3-7(9(11)12)4-6(2)8(5)10/h11,16-18,21-22H,4-10,12-15H2,1-3H3,(H,32,33)(H,29,30,34);4,15-16H,2-3,5-14H2,1H3,(H,20,21,23);3-4H,1-2H3,(H,11,12)/b16-11+;;. The number of hydrogen-bond donors (Lipinski definition) is 4. The zero-order chi connectivity index (χ0) is 54.9. The molecule has 4 N–H and O–H groups in total. The highest BCUT2D eigenvalue weighted by atomic mass is 79.9. The molecule has 0 unspecified atom stereocenters. The minimum atomic E-state index is -3.70. The van der Waals surface area contributed by atoms with Gasteiger partial charge in [0, 0.05) is 53.3 Å². The van der Waals surface area contributed by atoms with Gasteiger partial charge in [0.15, 0.2) is 0 Å². The number of carbonyl (C=O) groups is 4. The Balaban J connectivity index is 0.000000207. The molecule has 2 saturated carbocycles. The van der Waals surface area contributed by atoms with Crippen LogP contribution >= 0.6 is 15.9 Å². The normalized spacial score (nSPS) is 23.8. The van der Waals surface area contributed by atoms with Crippen molar-refractivity contribution in [1.29, 1.82) is 0 Å². The number of aliphatic imine (C=N–C) groups is 2. The predicted molar refractivity (Wildman–Crippen MR) is 299 cm³/mol. The lowest BCUT2D eigenvalue weighted by Gasteiger charge is -2.34. The fourth-order valence-corrected chi connectivity index (χ4v) is 13.9. The van der Waals surface area contributed by atoms with Crippen molar-refractivity contribution in [1.82, 2.24) is 19.2 Å². The van der Waals surface area contributed by atoms with Crippen LogP contribution in [-0.2, 0) is 29.6 Å². The Kier molecular flexibility index (Phi) is 20.5. The molecule has 8 rings (SSSR count). The van der Waals surface area contributed by atoms with Crippen molar-refractivity contribution in [2.45, 2.75) is 168 Å². The summed E-state index contributed by atoms with van der Waals surface area (Å²) in [5, 5.41) is 26.2. The van der Waals surface area contributed by atoms with Gasteiger partial charge in [-0.05, 0) is 175 Å². The number of nitrogens with zero attached hydrogens (tertiary/aromatic N) is 4. The molecule has 16 nitrogen and oxygen atoms in total. The second kappa shape index (κ2) is 25.7. The number of amides is 2. The van der Waals surface area contributed by atoms with Gasteiger partial charge in [-0.2, -0.15) is 8.61 Å². The molecular weight excluding hydrogens is 1060 g/mol. The second-order valence-electron chi connectivity index (χ2n) is 21.6. The molecule has 2 aromatic carbocycles. The molecule has 4 fully saturated rings. The summed E-state index contributed by atoms with van der Waals surface area (Å²) in [4.78, 5) is 57.2. The minimum Gasteiger partial charge on any atom is -0.478 e. The van der Waals surface area contributed by atoms with Crippen LogP contribution < -0.4 is 10.6 Å². The molecule has 6 aliphatic rings. The highest BCUT2D eigenvalue weighted by molar-refractivity contribution is 9.10. The second-order valence-corrected chi connectivity index (χ2v) is 26.1. The summed E-state index contributed by atoms with van der Waals surface area (Å²) in [7, 11) is -7.11. The largest absolute Gasteiger partial charge is 0.478 e.